The first kappa shape index (κ1) is 17.1. The zero-order chi connectivity index (χ0) is 14.6. The average Bonchev–Trinajstić information content (AvgIpc) is 2.32. The molecular formula is C14H20Cl3NO. The third-order valence-electron chi connectivity index (χ3n) is 2.93. The van der Waals surface area contributed by atoms with Gasteiger partial charge in [0, 0.05) is 12.6 Å². The predicted octanol–water partition coefficient (Wildman–Crippen LogP) is 4.70. The fourth-order valence-corrected chi connectivity index (χ4v) is 2.63. The van der Waals surface area contributed by atoms with E-state index in [4.69, 9.17) is 34.8 Å². The lowest BCUT2D eigenvalue weighted by molar-refractivity contribution is 0.143. The summed E-state index contributed by atoms with van der Waals surface area (Å²) < 4.78 is 0. The molecule has 2 atom stereocenters. The number of rotatable bonds is 6. The van der Waals surface area contributed by atoms with E-state index in [9.17, 15) is 5.11 Å². The van der Waals surface area contributed by atoms with E-state index in [1.54, 1.807) is 6.07 Å². The van der Waals surface area contributed by atoms with E-state index in [2.05, 4.69) is 19.2 Å². The van der Waals surface area contributed by atoms with E-state index in [-0.39, 0.29) is 12.1 Å². The zero-order valence-corrected chi connectivity index (χ0v) is 13.6. The van der Waals surface area contributed by atoms with E-state index in [1.165, 1.54) is 0 Å². The number of hydrogen-bond donors (Lipinski definition) is 2. The Kier molecular flexibility index (Phi) is 6.92. The van der Waals surface area contributed by atoms with Crippen molar-refractivity contribution in [3.8, 4) is 0 Å². The molecule has 2 N–H and O–H groups in total. The molecule has 0 bridgehead atoms. The topological polar surface area (TPSA) is 32.3 Å². The van der Waals surface area contributed by atoms with Gasteiger partial charge < -0.3 is 10.4 Å². The average molecular weight is 325 g/mol. The molecule has 5 heteroatoms. The van der Waals surface area contributed by atoms with Crippen molar-refractivity contribution in [2.45, 2.75) is 39.3 Å². The van der Waals surface area contributed by atoms with Crippen LogP contribution in [0.15, 0.2) is 12.1 Å². The van der Waals surface area contributed by atoms with Crippen LogP contribution in [0.4, 0.5) is 0 Å². The lowest BCUT2D eigenvalue weighted by Gasteiger charge is -2.20. The van der Waals surface area contributed by atoms with Gasteiger partial charge in [0.25, 0.3) is 0 Å². The molecule has 1 aromatic carbocycles. The molecular weight excluding hydrogens is 305 g/mol. The maximum absolute atomic E-state index is 9.84. The van der Waals surface area contributed by atoms with Gasteiger partial charge in [0.1, 0.15) is 0 Å². The molecule has 0 saturated heterocycles. The monoisotopic (exact) mass is 323 g/mol. The Morgan fingerprint density at radius 2 is 1.74 bits per heavy atom. The number of halogens is 3. The van der Waals surface area contributed by atoms with Crippen LogP contribution in [0, 0.1) is 5.92 Å². The summed E-state index contributed by atoms with van der Waals surface area (Å²) in [6, 6.07) is 3.58. The van der Waals surface area contributed by atoms with Crippen LogP contribution in [-0.4, -0.2) is 17.8 Å². The van der Waals surface area contributed by atoms with Crippen molar-refractivity contribution < 1.29 is 5.11 Å². The quantitative estimate of drug-likeness (QED) is 0.743. The van der Waals surface area contributed by atoms with E-state index in [0.717, 1.165) is 12.0 Å². The lowest BCUT2D eigenvalue weighted by atomic mass is 10.0. The molecule has 0 radical (unpaired) electrons. The van der Waals surface area contributed by atoms with Gasteiger partial charge in [-0.3, -0.25) is 0 Å². The third-order valence-corrected chi connectivity index (χ3v) is 4.24. The fraction of sp³-hybridized carbons (Fsp3) is 0.571. The maximum Gasteiger partial charge on any atom is 0.0781 e. The van der Waals surface area contributed by atoms with E-state index < -0.39 is 0 Å². The van der Waals surface area contributed by atoms with Crippen LogP contribution >= 0.6 is 34.8 Å². The first-order valence-corrected chi connectivity index (χ1v) is 7.51. The number of aliphatic hydroxyl groups is 1. The van der Waals surface area contributed by atoms with Crippen molar-refractivity contribution >= 4 is 34.8 Å². The summed E-state index contributed by atoms with van der Waals surface area (Å²) in [6.07, 6.45) is 0.415. The van der Waals surface area contributed by atoms with Crippen molar-refractivity contribution in [3.05, 3.63) is 32.8 Å². The second-order valence-corrected chi connectivity index (χ2v) is 6.34. The molecule has 1 rings (SSSR count). The SMILES string of the molecule is CC(C)CC(O)CNC(C)c1ccc(Cl)c(Cl)c1Cl. The second kappa shape index (κ2) is 7.70. The molecule has 0 aromatic heterocycles. The minimum absolute atomic E-state index is 0.00378. The van der Waals surface area contributed by atoms with Crippen molar-refractivity contribution in [2.75, 3.05) is 6.54 Å². The molecule has 0 amide bonds. The van der Waals surface area contributed by atoms with Crippen LogP contribution in [0.1, 0.15) is 38.8 Å². The number of benzene rings is 1. The summed E-state index contributed by atoms with van der Waals surface area (Å²) in [5.74, 6) is 0.473. The van der Waals surface area contributed by atoms with Crippen LogP contribution < -0.4 is 5.32 Å². The van der Waals surface area contributed by atoms with Gasteiger partial charge >= 0.3 is 0 Å². The Hall–Kier alpha value is 0.01000. The summed E-state index contributed by atoms with van der Waals surface area (Å²) in [4.78, 5) is 0. The van der Waals surface area contributed by atoms with Crippen LogP contribution in [0.5, 0.6) is 0 Å². The highest BCUT2D eigenvalue weighted by atomic mass is 35.5. The summed E-state index contributed by atoms with van der Waals surface area (Å²) in [7, 11) is 0. The van der Waals surface area contributed by atoms with Crippen molar-refractivity contribution in [3.63, 3.8) is 0 Å². The molecule has 0 aliphatic carbocycles. The summed E-state index contributed by atoms with van der Waals surface area (Å²) in [6.45, 7) is 6.68. The van der Waals surface area contributed by atoms with Crippen molar-refractivity contribution in [1.29, 1.82) is 0 Å². The number of nitrogens with one attached hydrogen (secondary N) is 1. The van der Waals surface area contributed by atoms with Gasteiger partial charge in [-0.25, -0.2) is 0 Å². The molecule has 2 nitrogen and oxygen atoms in total. The molecule has 19 heavy (non-hydrogen) atoms. The summed E-state index contributed by atoms with van der Waals surface area (Å²) in [5.41, 5.74) is 0.882. The summed E-state index contributed by atoms with van der Waals surface area (Å²) >= 11 is 18.1. The van der Waals surface area contributed by atoms with Crippen LogP contribution in [0.2, 0.25) is 15.1 Å². The molecule has 0 spiro atoms. The Bertz CT molecular complexity index is 423. The molecule has 1 aromatic rings. The van der Waals surface area contributed by atoms with Gasteiger partial charge in [-0.15, -0.1) is 0 Å². The normalized spacial score (nSPS) is 14.7. The zero-order valence-electron chi connectivity index (χ0n) is 11.4. The molecule has 0 fully saturated rings. The largest absolute Gasteiger partial charge is 0.392 e. The molecule has 2 unspecified atom stereocenters. The molecule has 0 aliphatic rings. The highest BCUT2D eigenvalue weighted by molar-refractivity contribution is 6.48. The molecule has 0 aliphatic heterocycles. The van der Waals surface area contributed by atoms with Crippen LogP contribution in [-0.2, 0) is 0 Å². The Morgan fingerprint density at radius 1 is 1.11 bits per heavy atom. The molecule has 108 valence electrons. The van der Waals surface area contributed by atoms with Gasteiger partial charge in [0.05, 0.1) is 21.2 Å². The van der Waals surface area contributed by atoms with E-state index in [1.807, 2.05) is 13.0 Å². The Labute approximate surface area is 130 Å². The van der Waals surface area contributed by atoms with Gasteiger partial charge in [-0.2, -0.15) is 0 Å². The highest BCUT2D eigenvalue weighted by Crippen LogP contribution is 2.35. The lowest BCUT2D eigenvalue weighted by Crippen LogP contribution is -2.30. The third kappa shape index (κ3) is 5.13. The predicted molar refractivity (Wildman–Crippen MR) is 83.4 cm³/mol. The van der Waals surface area contributed by atoms with Crippen LogP contribution in [0.25, 0.3) is 0 Å². The minimum atomic E-state index is -0.357. The van der Waals surface area contributed by atoms with Gasteiger partial charge in [0.2, 0.25) is 0 Å². The van der Waals surface area contributed by atoms with E-state index in [0.29, 0.717) is 27.5 Å². The minimum Gasteiger partial charge on any atom is -0.392 e. The first-order valence-electron chi connectivity index (χ1n) is 6.37. The van der Waals surface area contributed by atoms with E-state index >= 15 is 0 Å². The Morgan fingerprint density at radius 3 is 2.32 bits per heavy atom. The number of aliphatic hydroxyl groups excluding tert-OH is 1. The smallest absolute Gasteiger partial charge is 0.0781 e. The van der Waals surface area contributed by atoms with Crippen molar-refractivity contribution in [1.82, 2.24) is 5.32 Å². The van der Waals surface area contributed by atoms with Gasteiger partial charge in [-0.1, -0.05) is 54.7 Å². The van der Waals surface area contributed by atoms with Gasteiger partial charge in [0.15, 0.2) is 0 Å². The first-order chi connectivity index (χ1) is 8.82. The second-order valence-electron chi connectivity index (χ2n) is 5.18. The molecule has 0 saturated carbocycles. The van der Waals surface area contributed by atoms with Gasteiger partial charge in [-0.05, 0) is 30.9 Å². The van der Waals surface area contributed by atoms with Crippen LogP contribution in [0.3, 0.4) is 0 Å². The fourth-order valence-electron chi connectivity index (χ4n) is 1.93. The number of hydrogen-bond acceptors (Lipinski definition) is 2. The maximum atomic E-state index is 9.84. The summed E-state index contributed by atoms with van der Waals surface area (Å²) in [5, 5.41) is 14.4. The molecule has 0 heterocycles. The van der Waals surface area contributed by atoms with Crippen molar-refractivity contribution in [2.24, 2.45) is 5.92 Å². The Balaban J connectivity index is 2.64. The highest BCUT2D eigenvalue weighted by Gasteiger charge is 2.15. The standard InChI is InChI=1S/C14H20Cl3NO/c1-8(2)6-10(19)7-18-9(3)11-4-5-12(15)14(17)13(11)16/h4-5,8-10,18-19H,6-7H2,1-3H3.